The Kier molecular flexibility index (Phi) is 4.96. The number of hydrogen-bond donors (Lipinski definition) is 0. The van der Waals surface area contributed by atoms with E-state index >= 15 is 0 Å². The third-order valence-electron chi connectivity index (χ3n) is 3.32. The van der Waals surface area contributed by atoms with Gasteiger partial charge in [-0.3, -0.25) is 4.79 Å². The first-order valence-electron chi connectivity index (χ1n) is 7.21. The standard InChI is InChI=1S/C18H13F2NO2S/c19-14-7-5-12(6-8-14)18-21-15(11-24-18)10-23-17(22)9-13-3-1-2-4-16(13)20/h1-8,11H,9-10H2. The third-order valence-corrected chi connectivity index (χ3v) is 4.26. The number of aromatic nitrogens is 1. The van der Waals surface area contributed by atoms with Gasteiger partial charge >= 0.3 is 5.97 Å². The molecule has 0 amide bonds. The van der Waals surface area contributed by atoms with Crippen molar-refractivity contribution in [3.8, 4) is 10.6 Å². The van der Waals surface area contributed by atoms with Gasteiger partial charge in [0.1, 0.15) is 23.2 Å². The van der Waals surface area contributed by atoms with Crippen LogP contribution in [0.5, 0.6) is 0 Å². The van der Waals surface area contributed by atoms with Crippen LogP contribution in [0.1, 0.15) is 11.3 Å². The van der Waals surface area contributed by atoms with Gasteiger partial charge in [0.2, 0.25) is 0 Å². The zero-order valence-electron chi connectivity index (χ0n) is 12.5. The molecular formula is C18H13F2NO2S. The number of halogens is 2. The monoisotopic (exact) mass is 345 g/mol. The molecular weight excluding hydrogens is 332 g/mol. The maximum absolute atomic E-state index is 13.5. The van der Waals surface area contributed by atoms with Crippen LogP contribution in [0.4, 0.5) is 8.78 Å². The summed E-state index contributed by atoms with van der Waals surface area (Å²) < 4.78 is 31.5. The number of benzene rings is 2. The molecule has 0 radical (unpaired) electrons. The molecule has 3 aromatic rings. The van der Waals surface area contributed by atoms with Gasteiger partial charge in [0.25, 0.3) is 0 Å². The normalized spacial score (nSPS) is 10.6. The molecule has 0 N–H and O–H groups in total. The van der Waals surface area contributed by atoms with Crippen molar-refractivity contribution in [3.05, 3.63) is 76.8 Å². The van der Waals surface area contributed by atoms with Crippen LogP contribution in [0.15, 0.2) is 53.9 Å². The summed E-state index contributed by atoms with van der Waals surface area (Å²) in [4.78, 5) is 16.1. The van der Waals surface area contributed by atoms with E-state index in [0.29, 0.717) is 11.3 Å². The first-order chi connectivity index (χ1) is 11.6. The summed E-state index contributed by atoms with van der Waals surface area (Å²) in [7, 11) is 0. The van der Waals surface area contributed by atoms with Crippen LogP contribution in [-0.2, 0) is 22.6 Å². The van der Waals surface area contributed by atoms with Gasteiger partial charge in [-0.15, -0.1) is 11.3 Å². The van der Waals surface area contributed by atoms with E-state index in [1.807, 2.05) is 0 Å². The van der Waals surface area contributed by atoms with Crippen molar-refractivity contribution in [2.45, 2.75) is 13.0 Å². The van der Waals surface area contributed by atoms with Crippen molar-refractivity contribution in [2.75, 3.05) is 0 Å². The summed E-state index contributed by atoms with van der Waals surface area (Å²) >= 11 is 1.38. The van der Waals surface area contributed by atoms with E-state index in [0.717, 1.165) is 10.6 Å². The van der Waals surface area contributed by atoms with E-state index in [-0.39, 0.29) is 18.8 Å². The van der Waals surface area contributed by atoms with Crippen molar-refractivity contribution < 1.29 is 18.3 Å². The largest absolute Gasteiger partial charge is 0.459 e. The number of nitrogens with zero attached hydrogens (tertiary/aromatic N) is 1. The Morgan fingerprint density at radius 1 is 1.08 bits per heavy atom. The molecule has 0 saturated heterocycles. The molecule has 0 aliphatic rings. The lowest BCUT2D eigenvalue weighted by Gasteiger charge is -2.04. The van der Waals surface area contributed by atoms with Gasteiger partial charge < -0.3 is 4.74 Å². The van der Waals surface area contributed by atoms with Crippen LogP contribution in [0.3, 0.4) is 0 Å². The Hall–Kier alpha value is -2.60. The molecule has 0 spiro atoms. The minimum atomic E-state index is -0.517. The summed E-state index contributed by atoms with van der Waals surface area (Å²) in [6.07, 6.45) is -0.123. The number of ether oxygens (including phenoxy) is 1. The summed E-state index contributed by atoms with van der Waals surface area (Å²) in [5.74, 6) is -1.25. The minimum Gasteiger partial charge on any atom is -0.459 e. The molecule has 0 bridgehead atoms. The summed E-state index contributed by atoms with van der Waals surface area (Å²) in [6, 6.07) is 12.1. The van der Waals surface area contributed by atoms with Crippen molar-refractivity contribution in [1.82, 2.24) is 4.98 Å². The number of carbonyl (C=O) groups is 1. The quantitative estimate of drug-likeness (QED) is 0.645. The highest BCUT2D eigenvalue weighted by Crippen LogP contribution is 2.24. The van der Waals surface area contributed by atoms with E-state index in [9.17, 15) is 13.6 Å². The lowest BCUT2D eigenvalue weighted by Crippen LogP contribution is -2.09. The summed E-state index contributed by atoms with van der Waals surface area (Å²) in [5.41, 5.74) is 1.69. The zero-order valence-corrected chi connectivity index (χ0v) is 13.4. The molecule has 0 saturated carbocycles. The van der Waals surface area contributed by atoms with Crippen LogP contribution in [0, 0.1) is 11.6 Å². The molecule has 122 valence electrons. The highest BCUT2D eigenvalue weighted by molar-refractivity contribution is 7.13. The lowest BCUT2D eigenvalue weighted by molar-refractivity contribution is -0.144. The average Bonchev–Trinajstić information content (AvgIpc) is 3.05. The fourth-order valence-electron chi connectivity index (χ4n) is 2.10. The highest BCUT2D eigenvalue weighted by Gasteiger charge is 2.11. The first kappa shape index (κ1) is 16.3. The number of esters is 1. The van der Waals surface area contributed by atoms with Gasteiger partial charge in [0, 0.05) is 10.9 Å². The van der Waals surface area contributed by atoms with Crippen molar-refractivity contribution in [1.29, 1.82) is 0 Å². The van der Waals surface area contributed by atoms with E-state index in [1.54, 1.807) is 35.7 Å². The van der Waals surface area contributed by atoms with Gasteiger partial charge in [-0.05, 0) is 35.9 Å². The fourth-order valence-corrected chi connectivity index (χ4v) is 2.91. The maximum atomic E-state index is 13.5. The van der Waals surface area contributed by atoms with Crippen LogP contribution in [-0.4, -0.2) is 11.0 Å². The second-order valence-electron chi connectivity index (χ2n) is 5.08. The minimum absolute atomic E-state index is 0.0188. The predicted molar refractivity (Wildman–Crippen MR) is 87.4 cm³/mol. The van der Waals surface area contributed by atoms with Gasteiger partial charge in [-0.1, -0.05) is 18.2 Å². The second kappa shape index (κ2) is 7.31. The highest BCUT2D eigenvalue weighted by atomic mass is 32.1. The molecule has 2 aromatic carbocycles. The predicted octanol–water partition coefficient (Wildman–Crippen LogP) is 4.37. The Labute approximate surface area is 141 Å². The molecule has 1 aromatic heterocycles. The maximum Gasteiger partial charge on any atom is 0.310 e. The third kappa shape index (κ3) is 4.02. The molecule has 24 heavy (non-hydrogen) atoms. The van der Waals surface area contributed by atoms with Crippen molar-refractivity contribution in [2.24, 2.45) is 0 Å². The first-order valence-corrected chi connectivity index (χ1v) is 8.09. The Bertz CT molecular complexity index is 846. The fraction of sp³-hybridized carbons (Fsp3) is 0.111. The molecule has 0 unspecified atom stereocenters. The smallest absolute Gasteiger partial charge is 0.310 e. The van der Waals surface area contributed by atoms with Gasteiger partial charge in [-0.2, -0.15) is 0 Å². The Balaban J connectivity index is 1.58. The SMILES string of the molecule is O=C(Cc1ccccc1F)OCc1csc(-c2ccc(F)cc2)n1. The molecule has 1 heterocycles. The molecule has 0 fully saturated rings. The number of hydrogen-bond acceptors (Lipinski definition) is 4. The van der Waals surface area contributed by atoms with Crippen LogP contribution >= 0.6 is 11.3 Å². The van der Waals surface area contributed by atoms with E-state index < -0.39 is 11.8 Å². The number of thiazole rings is 1. The molecule has 3 rings (SSSR count). The topological polar surface area (TPSA) is 39.2 Å². The lowest BCUT2D eigenvalue weighted by atomic mass is 10.1. The molecule has 0 atom stereocenters. The van der Waals surface area contributed by atoms with Crippen LogP contribution < -0.4 is 0 Å². The van der Waals surface area contributed by atoms with E-state index in [4.69, 9.17) is 4.74 Å². The van der Waals surface area contributed by atoms with E-state index in [1.165, 1.54) is 29.5 Å². The average molecular weight is 345 g/mol. The van der Waals surface area contributed by atoms with Gasteiger partial charge in [-0.25, -0.2) is 13.8 Å². The van der Waals surface area contributed by atoms with E-state index in [2.05, 4.69) is 4.98 Å². The molecule has 6 heteroatoms. The molecule has 0 aliphatic heterocycles. The Morgan fingerprint density at radius 2 is 1.83 bits per heavy atom. The molecule has 0 aliphatic carbocycles. The van der Waals surface area contributed by atoms with Gasteiger partial charge in [0.15, 0.2) is 0 Å². The summed E-state index contributed by atoms with van der Waals surface area (Å²) in [5, 5.41) is 2.49. The number of rotatable bonds is 5. The molecule has 3 nitrogen and oxygen atoms in total. The second-order valence-corrected chi connectivity index (χ2v) is 5.94. The number of carbonyl (C=O) groups excluding carboxylic acids is 1. The van der Waals surface area contributed by atoms with Crippen molar-refractivity contribution >= 4 is 17.3 Å². The summed E-state index contributed by atoms with van der Waals surface area (Å²) in [6.45, 7) is 0.0188. The van der Waals surface area contributed by atoms with Crippen LogP contribution in [0.2, 0.25) is 0 Å². The van der Waals surface area contributed by atoms with Crippen LogP contribution in [0.25, 0.3) is 10.6 Å². The van der Waals surface area contributed by atoms with Crippen molar-refractivity contribution in [3.63, 3.8) is 0 Å². The van der Waals surface area contributed by atoms with Gasteiger partial charge in [0.05, 0.1) is 12.1 Å². The Morgan fingerprint density at radius 3 is 2.58 bits per heavy atom. The zero-order chi connectivity index (χ0) is 16.9.